The Kier molecular flexibility index (Phi) is 5.85. The number of hydrogen-bond donors (Lipinski definition) is 1. The number of benzene rings is 1. The van der Waals surface area contributed by atoms with Gasteiger partial charge in [0.25, 0.3) is 0 Å². The number of carbonyl (C=O) groups is 1. The molecule has 1 aromatic heterocycles. The monoisotopic (exact) mass is 345 g/mol. The van der Waals surface area contributed by atoms with Crippen molar-refractivity contribution in [3.8, 4) is 0 Å². The Balaban J connectivity index is 1.46. The van der Waals surface area contributed by atoms with Crippen LogP contribution in [0.25, 0.3) is 10.2 Å². The predicted octanol–water partition coefficient (Wildman–Crippen LogP) is 3.74. The molecule has 3 rings (SSSR count). The number of fused-ring (bicyclic) bond motifs is 1. The van der Waals surface area contributed by atoms with Crippen LogP contribution in [-0.4, -0.2) is 34.4 Å². The van der Waals surface area contributed by atoms with Gasteiger partial charge in [-0.15, -0.1) is 11.3 Å². The van der Waals surface area contributed by atoms with Gasteiger partial charge in [-0.1, -0.05) is 12.1 Å². The van der Waals surface area contributed by atoms with Crippen LogP contribution in [0.1, 0.15) is 50.5 Å². The normalized spacial score (nSPS) is 19.6. The SMILES string of the molecule is CC(N)C1CCCCN1C(=O)CCCCc1nc2ccccc2s1. The maximum atomic E-state index is 12.5. The molecule has 130 valence electrons. The van der Waals surface area contributed by atoms with Crippen LogP contribution >= 0.6 is 11.3 Å². The van der Waals surface area contributed by atoms with Gasteiger partial charge in [0.1, 0.15) is 0 Å². The Bertz CT molecular complexity index is 649. The quantitative estimate of drug-likeness (QED) is 0.811. The van der Waals surface area contributed by atoms with Crippen molar-refractivity contribution in [2.45, 2.75) is 64.0 Å². The van der Waals surface area contributed by atoms with Crippen molar-refractivity contribution in [1.82, 2.24) is 9.88 Å². The van der Waals surface area contributed by atoms with Crippen molar-refractivity contribution >= 4 is 27.5 Å². The summed E-state index contributed by atoms with van der Waals surface area (Å²) in [5.41, 5.74) is 7.15. The fourth-order valence-electron chi connectivity index (χ4n) is 3.54. The molecule has 2 N–H and O–H groups in total. The van der Waals surface area contributed by atoms with E-state index in [9.17, 15) is 4.79 Å². The molecular weight excluding hydrogens is 318 g/mol. The van der Waals surface area contributed by atoms with Crippen LogP contribution < -0.4 is 5.73 Å². The Morgan fingerprint density at radius 1 is 1.38 bits per heavy atom. The second-order valence-electron chi connectivity index (χ2n) is 6.79. The Morgan fingerprint density at radius 3 is 3.00 bits per heavy atom. The van der Waals surface area contributed by atoms with Crippen LogP contribution in [0, 0.1) is 0 Å². The second kappa shape index (κ2) is 8.08. The van der Waals surface area contributed by atoms with Gasteiger partial charge in [-0.05, 0) is 57.6 Å². The van der Waals surface area contributed by atoms with E-state index in [2.05, 4.69) is 23.2 Å². The predicted molar refractivity (Wildman–Crippen MR) is 100 cm³/mol. The largest absolute Gasteiger partial charge is 0.338 e. The Labute approximate surface area is 148 Å². The zero-order valence-electron chi connectivity index (χ0n) is 14.4. The van der Waals surface area contributed by atoms with Crippen LogP contribution in [0.2, 0.25) is 0 Å². The molecule has 2 atom stereocenters. The lowest BCUT2D eigenvalue weighted by Gasteiger charge is -2.38. The summed E-state index contributed by atoms with van der Waals surface area (Å²) in [6, 6.07) is 8.55. The van der Waals surface area contributed by atoms with Gasteiger partial charge in [-0.25, -0.2) is 4.98 Å². The summed E-state index contributed by atoms with van der Waals surface area (Å²) in [7, 11) is 0. The van der Waals surface area contributed by atoms with Gasteiger partial charge >= 0.3 is 0 Å². The molecule has 2 heterocycles. The van der Waals surface area contributed by atoms with Crippen LogP contribution in [0.3, 0.4) is 0 Å². The molecule has 1 aliphatic rings. The first-order chi connectivity index (χ1) is 11.6. The molecule has 1 aromatic carbocycles. The summed E-state index contributed by atoms with van der Waals surface area (Å²) >= 11 is 1.77. The first-order valence-corrected chi connectivity index (χ1v) is 9.86. The minimum absolute atomic E-state index is 0.0667. The highest BCUT2D eigenvalue weighted by atomic mass is 32.1. The highest BCUT2D eigenvalue weighted by molar-refractivity contribution is 7.18. The fourth-order valence-corrected chi connectivity index (χ4v) is 4.55. The number of rotatable bonds is 6. The number of amides is 1. The third-order valence-corrected chi connectivity index (χ3v) is 5.94. The summed E-state index contributed by atoms with van der Waals surface area (Å²) < 4.78 is 1.25. The summed E-state index contributed by atoms with van der Waals surface area (Å²) in [5.74, 6) is 0.279. The van der Waals surface area contributed by atoms with Crippen LogP contribution in [0.4, 0.5) is 0 Å². The number of aromatic nitrogens is 1. The summed E-state index contributed by atoms with van der Waals surface area (Å²) in [6.07, 6.45) is 6.89. The number of thiazole rings is 1. The average Bonchev–Trinajstić information content (AvgIpc) is 3.01. The van der Waals surface area contributed by atoms with E-state index < -0.39 is 0 Å². The molecule has 1 aliphatic heterocycles. The lowest BCUT2D eigenvalue weighted by Crippen LogP contribution is -2.51. The van der Waals surface area contributed by atoms with E-state index in [-0.39, 0.29) is 18.0 Å². The zero-order chi connectivity index (χ0) is 16.9. The van der Waals surface area contributed by atoms with E-state index in [4.69, 9.17) is 5.73 Å². The Hall–Kier alpha value is -1.46. The number of nitrogens with zero attached hydrogens (tertiary/aromatic N) is 2. The molecule has 0 radical (unpaired) electrons. The maximum absolute atomic E-state index is 12.5. The first kappa shape index (κ1) is 17.4. The van der Waals surface area contributed by atoms with Gasteiger partial charge in [-0.3, -0.25) is 4.79 Å². The van der Waals surface area contributed by atoms with Gasteiger partial charge in [0, 0.05) is 25.0 Å². The number of likely N-dealkylation sites (tertiary alicyclic amines) is 1. The van der Waals surface area contributed by atoms with Crippen LogP contribution in [0.5, 0.6) is 0 Å². The van der Waals surface area contributed by atoms with Gasteiger partial charge in [-0.2, -0.15) is 0 Å². The van der Waals surface area contributed by atoms with E-state index in [1.54, 1.807) is 11.3 Å². The smallest absolute Gasteiger partial charge is 0.222 e. The van der Waals surface area contributed by atoms with Gasteiger partial charge in [0.15, 0.2) is 0 Å². The first-order valence-electron chi connectivity index (χ1n) is 9.04. The summed E-state index contributed by atoms with van der Waals surface area (Å²) in [6.45, 7) is 2.90. The molecule has 0 bridgehead atoms. The second-order valence-corrected chi connectivity index (χ2v) is 7.91. The van der Waals surface area contributed by atoms with E-state index in [1.165, 1.54) is 16.1 Å². The number of para-hydroxylation sites is 1. The number of unbranched alkanes of at least 4 members (excludes halogenated alkanes) is 1. The van der Waals surface area contributed by atoms with E-state index in [1.807, 2.05) is 17.9 Å². The van der Waals surface area contributed by atoms with Crippen molar-refractivity contribution in [3.05, 3.63) is 29.3 Å². The molecular formula is C19H27N3OS. The molecule has 1 saturated heterocycles. The van der Waals surface area contributed by atoms with Crippen LogP contribution in [-0.2, 0) is 11.2 Å². The third-order valence-electron chi connectivity index (χ3n) is 4.85. The number of carbonyl (C=O) groups excluding carboxylic acids is 1. The van der Waals surface area contributed by atoms with Crippen molar-refractivity contribution in [3.63, 3.8) is 0 Å². The van der Waals surface area contributed by atoms with E-state index in [0.717, 1.165) is 44.2 Å². The molecule has 2 unspecified atom stereocenters. The standard InChI is InChI=1S/C19H27N3OS/c1-14(20)16-9-6-7-13-22(16)19(23)12-5-4-11-18-21-15-8-2-3-10-17(15)24-18/h2-3,8,10,14,16H,4-7,9,11-13,20H2,1H3. The molecule has 0 spiro atoms. The van der Waals surface area contributed by atoms with E-state index >= 15 is 0 Å². The van der Waals surface area contributed by atoms with Gasteiger partial charge in [0.2, 0.25) is 5.91 Å². The summed E-state index contributed by atoms with van der Waals surface area (Å²) in [4.78, 5) is 19.2. The van der Waals surface area contributed by atoms with Crippen molar-refractivity contribution in [1.29, 1.82) is 0 Å². The number of aryl methyl sites for hydroxylation is 1. The highest BCUT2D eigenvalue weighted by Crippen LogP contribution is 2.24. The average molecular weight is 346 g/mol. The molecule has 5 heteroatoms. The highest BCUT2D eigenvalue weighted by Gasteiger charge is 2.28. The van der Waals surface area contributed by atoms with Gasteiger partial charge in [0.05, 0.1) is 15.2 Å². The Morgan fingerprint density at radius 2 is 2.21 bits per heavy atom. The molecule has 0 aliphatic carbocycles. The molecule has 1 amide bonds. The fraction of sp³-hybridized carbons (Fsp3) is 0.579. The number of piperidine rings is 1. The minimum Gasteiger partial charge on any atom is -0.338 e. The number of hydrogen-bond acceptors (Lipinski definition) is 4. The topological polar surface area (TPSA) is 59.2 Å². The van der Waals surface area contributed by atoms with E-state index in [0.29, 0.717) is 6.42 Å². The molecule has 1 fully saturated rings. The molecule has 0 saturated carbocycles. The molecule has 4 nitrogen and oxygen atoms in total. The van der Waals surface area contributed by atoms with Crippen molar-refractivity contribution in [2.75, 3.05) is 6.54 Å². The van der Waals surface area contributed by atoms with Gasteiger partial charge < -0.3 is 10.6 Å². The minimum atomic E-state index is 0.0667. The zero-order valence-corrected chi connectivity index (χ0v) is 15.2. The van der Waals surface area contributed by atoms with Crippen molar-refractivity contribution in [2.24, 2.45) is 5.73 Å². The number of nitrogens with two attached hydrogens (primary N) is 1. The molecule has 24 heavy (non-hydrogen) atoms. The molecule has 2 aromatic rings. The maximum Gasteiger partial charge on any atom is 0.222 e. The lowest BCUT2D eigenvalue weighted by atomic mass is 9.96. The summed E-state index contributed by atoms with van der Waals surface area (Å²) in [5, 5.41) is 1.18. The van der Waals surface area contributed by atoms with Crippen LogP contribution in [0.15, 0.2) is 24.3 Å². The lowest BCUT2D eigenvalue weighted by molar-refractivity contribution is -0.135. The van der Waals surface area contributed by atoms with Crippen molar-refractivity contribution < 1.29 is 4.79 Å². The third kappa shape index (κ3) is 4.14.